The fraction of sp³-hybridized carbons (Fsp3) is 0.429. The number of ether oxygens (including phenoxy) is 1. The highest BCUT2D eigenvalue weighted by molar-refractivity contribution is 6.01. The van der Waals surface area contributed by atoms with Gasteiger partial charge in [-0.25, -0.2) is 0 Å². The number of benzene rings is 2. The van der Waals surface area contributed by atoms with Crippen LogP contribution in [0.3, 0.4) is 0 Å². The summed E-state index contributed by atoms with van der Waals surface area (Å²) in [4.78, 5) is 23.6. The lowest BCUT2D eigenvalue weighted by atomic mass is 9.80. The maximum atomic E-state index is 12.4. The number of hydrogen-bond acceptors (Lipinski definition) is 4. The molecule has 4 heteroatoms. The van der Waals surface area contributed by atoms with Gasteiger partial charge in [0.2, 0.25) is 0 Å². The number of aromatic hydroxyl groups is 1. The second-order valence-corrected chi connectivity index (χ2v) is 6.93. The topological polar surface area (TPSA) is 63.6 Å². The van der Waals surface area contributed by atoms with E-state index in [0.717, 1.165) is 37.0 Å². The average molecular weight is 340 g/mol. The van der Waals surface area contributed by atoms with E-state index in [-0.39, 0.29) is 23.2 Å². The lowest BCUT2D eigenvalue weighted by Crippen LogP contribution is -2.25. The highest BCUT2D eigenvalue weighted by atomic mass is 16.5. The predicted octanol–water partition coefficient (Wildman–Crippen LogP) is 4.87. The van der Waals surface area contributed by atoms with Gasteiger partial charge in [-0.3, -0.25) is 9.59 Å². The Hall–Kier alpha value is -2.36. The molecular formula is C21H24O4. The summed E-state index contributed by atoms with van der Waals surface area (Å²) < 4.78 is 5.57. The molecule has 3 rings (SSSR count). The first-order valence-corrected chi connectivity index (χ1v) is 9.05. The van der Waals surface area contributed by atoms with Crippen molar-refractivity contribution >= 4 is 23.0 Å². The van der Waals surface area contributed by atoms with E-state index in [1.807, 2.05) is 0 Å². The first kappa shape index (κ1) is 17.5. The van der Waals surface area contributed by atoms with Crippen LogP contribution in [0.2, 0.25) is 0 Å². The molecule has 0 bridgehead atoms. The van der Waals surface area contributed by atoms with E-state index >= 15 is 0 Å². The van der Waals surface area contributed by atoms with E-state index in [0.29, 0.717) is 17.4 Å². The van der Waals surface area contributed by atoms with E-state index in [2.05, 4.69) is 6.92 Å². The molecule has 1 aliphatic carbocycles. The van der Waals surface area contributed by atoms with Crippen molar-refractivity contribution in [2.24, 2.45) is 11.8 Å². The highest BCUT2D eigenvalue weighted by Gasteiger charge is 2.27. The molecule has 0 amide bonds. The Balaban J connectivity index is 1.70. The van der Waals surface area contributed by atoms with Crippen LogP contribution in [0.4, 0.5) is 0 Å². The van der Waals surface area contributed by atoms with E-state index < -0.39 is 0 Å². The molecule has 1 aliphatic rings. The first-order valence-electron chi connectivity index (χ1n) is 9.05. The number of aldehydes is 1. The standard InChI is InChI=1S/C21H24O4/c1-2-3-14-4-6-15(7-5-14)21(24)25-17-9-10-18-16(12-17)8-11-20(23)19(18)13-22/h8-15,23H,2-7H2,1H3. The summed E-state index contributed by atoms with van der Waals surface area (Å²) in [6.45, 7) is 2.20. The van der Waals surface area contributed by atoms with Crippen LogP contribution in [0.1, 0.15) is 55.8 Å². The van der Waals surface area contributed by atoms with Gasteiger partial charge in [0.05, 0.1) is 11.5 Å². The molecule has 0 aromatic heterocycles. The molecule has 1 fully saturated rings. The maximum Gasteiger partial charge on any atom is 0.314 e. The van der Waals surface area contributed by atoms with Crippen molar-refractivity contribution in [3.8, 4) is 11.5 Å². The van der Waals surface area contributed by atoms with Gasteiger partial charge in [0.1, 0.15) is 11.5 Å². The third-order valence-electron chi connectivity index (χ3n) is 5.22. The molecule has 0 aliphatic heterocycles. The van der Waals surface area contributed by atoms with Crippen molar-refractivity contribution in [3.63, 3.8) is 0 Å². The molecule has 0 spiro atoms. The number of esters is 1. The van der Waals surface area contributed by atoms with E-state index in [1.165, 1.54) is 18.9 Å². The van der Waals surface area contributed by atoms with Crippen LogP contribution < -0.4 is 4.74 Å². The number of carbonyl (C=O) groups excluding carboxylic acids is 2. The van der Waals surface area contributed by atoms with Gasteiger partial charge in [0, 0.05) is 0 Å². The zero-order valence-corrected chi connectivity index (χ0v) is 14.5. The van der Waals surface area contributed by atoms with Crippen molar-refractivity contribution in [1.82, 2.24) is 0 Å². The van der Waals surface area contributed by atoms with Crippen LogP contribution in [0.5, 0.6) is 11.5 Å². The highest BCUT2D eigenvalue weighted by Crippen LogP contribution is 2.33. The van der Waals surface area contributed by atoms with Crippen molar-refractivity contribution < 1.29 is 19.4 Å². The molecular weight excluding hydrogens is 316 g/mol. The minimum Gasteiger partial charge on any atom is -0.507 e. The molecule has 0 heterocycles. The third kappa shape index (κ3) is 3.84. The summed E-state index contributed by atoms with van der Waals surface area (Å²) in [5, 5.41) is 11.1. The zero-order chi connectivity index (χ0) is 17.8. The molecule has 2 aromatic carbocycles. The normalized spacial score (nSPS) is 20.4. The zero-order valence-electron chi connectivity index (χ0n) is 14.5. The molecule has 4 nitrogen and oxygen atoms in total. The Morgan fingerprint density at radius 3 is 2.64 bits per heavy atom. The molecule has 132 valence electrons. The van der Waals surface area contributed by atoms with Gasteiger partial charge in [-0.2, -0.15) is 0 Å². The number of phenolic OH excluding ortho intramolecular Hbond substituents is 1. The summed E-state index contributed by atoms with van der Waals surface area (Å²) in [5.74, 6) is 1.01. The monoisotopic (exact) mass is 340 g/mol. The summed E-state index contributed by atoms with van der Waals surface area (Å²) in [6.07, 6.45) is 7.10. The number of hydrogen-bond donors (Lipinski definition) is 1. The van der Waals surface area contributed by atoms with Crippen molar-refractivity contribution in [2.45, 2.75) is 45.4 Å². The second kappa shape index (κ2) is 7.68. The molecule has 0 atom stereocenters. The molecule has 0 saturated heterocycles. The maximum absolute atomic E-state index is 12.4. The molecule has 2 aromatic rings. The summed E-state index contributed by atoms with van der Waals surface area (Å²) in [6, 6.07) is 8.31. The lowest BCUT2D eigenvalue weighted by molar-refractivity contribution is -0.140. The Morgan fingerprint density at radius 2 is 1.96 bits per heavy atom. The van der Waals surface area contributed by atoms with E-state index in [4.69, 9.17) is 4.74 Å². The first-order chi connectivity index (χ1) is 12.1. The summed E-state index contributed by atoms with van der Waals surface area (Å²) in [5.41, 5.74) is 0.254. The van der Waals surface area contributed by atoms with Crippen LogP contribution in [0, 0.1) is 11.8 Å². The van der Waals surface area contributed by atoms with Crippen molar-refractivity contribution in [2.75, 3.05) is 0 Å². The third-order valence-corrected chi connectivity index (χ3v) is 5.22. The fourth-order valence-electron chi connectivity index (χ4n) is 3.80. The van der Waals surface area contributed by atoms with Gasteiger partial charge >= 0.3 is 5.97 Å². The predicted molar refractivity (Wildman–Crippen MR) is 97.0 cm³/mol. The van der Waals surface area contributed by atoms with Crippen molar-refractivity contribution in [1.29, 1.82) is 0 Å². The smallest absolute Gasteiger partial charge is 0.314 e. The van der Waals surface area contributed by atoms with Crippen LogP contribution >= 0.6 is 0 Å². The second-order valence-electron chi connectivity index (χ2n) is 6.93. The van der Waals surface area contributed by atoms with Gasteiger partial charge in [-0.05, 0) is 66.6 Å². The number of phenols is 1. The average Bonchev–Trinajstić information content (AvgIpc) is 2.62. The SMILES string of the molecule is CCCC1CCC(C(=O)Oc2ccc3c(C=O)c(O)ccc3c2)CC1. The Kier molecular flexibility index (Phi) is 5.37. The van der Waals surface area contributed by atoms with Crippen LogP contribution in [0.15, 0.2) is 30.3 Å². The fourth-order valence-corrected chi connectivity index (χ4v) is 3.80. The van der Waals surface area contributed by atoms with Crippen LogP contribution in [0.25, 0.3) is 10.8 Å². The minimum atomic E-state index is -0.163. The molecule has 0 radical (unpaired) electrons. The van der Waals surface area contributed by atoms with Crippen molar-refractivity contribution in [3.05, 3.63) is 35.9 Å². The Labute approximate surface area is 147 Å². The lowest BCUT2D eigenvalue weighted by Gasteiger charge is -2.26. The Bertz CT molecular complexity index is 773. The van der Waals surface area contributed by atoms with Crippen LogP contribution in [-0.4, -0.2) is 17.4 Å². The van der Waals surface area contributed by atoms with E-state index in [1.54, 1.807) is 24.3 Å². The van der Waals surface area contributed by atoms with Gasteiger partial charge < -0.3 is 9.84 Å². The van der Waals surface area contributed by atoms with E-state index in [9.17, 15) is 14.7 Å². The minimum absolute atomic E-state index is 0.0193. The van der Waals surface area contributed by atoms with Gasteiger partial charge in [0.25, 0.3) is 0 Å². The molecule has 0 unspecified atom stereocenters. The summed E-state index contributed by atoms with van der Waals surface area (Å²) in [7, 11) is 0. The van der Waals surface area contributed by atoms with Gasteiger partial charge in [-0.1, -0.05) is 25.8 Å². The number of carbonyl (C=O) groups is 2. The molecule has 1 N–H and O–H groups in total. The molecule has 1 saturated carbocycles. The van der Waals surface area contributed by atoms with Gasteiger partial charge in [0.15, 0.2) is 6.29 Å². The quantitative estimate of drug-likeness (QED) is 0.479. The Morgan fingerprint density at radius 1 is 1.20 bits per heavy atom. The number of fused-ring (bicyclic) bond motifs is 1. The largest absolute Gasteiger partial charge is 0.507 e. The summed E-state index contributed by atoms with van der Waals surface area (Å²) >= 11 is 0. The molecule has 25 heavy (non-hydrogen) atoms. The van der Waals surface area contributed by atoms with Crippen LogP contribution in [-0.2, 0) is 4.79 Å². The number of rotatable bonds is 5. The van der Waals surface area contributed by atoms with Gasteiger partial charge in [-0.15, -0.1) is 0 Å².